The lowest BCUT2D eigenvalue weighted by atomic mass is 10.3. The summed E-state index contributed by atoms with van der Waals surface area (Å²) in [6.07, 6.45) is 5.48. The fraction of sp³-hybridized carbons (Fsp3) is 0.286. The molecule has 11 heteroatoms. The van der Waals surface area contributed by atoms with Gasteiger partial charge in [0.15, 0.2) is 5.13 Å². The Morgan fingerprint density at radius 2 is 2.03 bits per heavy atom. The van der Waals surface area contributed by atoms with Crippen LogP contribution in [-0.4, -0.2) is 73.7 Å². The maximum atomic E-state index is 12.5. The highest BCUT2D eigenvalue weighted by molar-refractivity contribution is 7.99. The topological polar surface area (TPSA) is 95.7 Å². The maximum absolute atomic E-state index is 12.5. The molecule has 1 saturated heterocycles. The smallest absolute Gasteiger partial charge is 0.240 e. The van der Waals surface area contributed by atoms with Crippen LogP contribution in [0.1, 0.15) is 6.92 Å². The van der Waals surface area contributed by atoms with E-state index in [4.69, 9.17) is 0 Å². The normalized spacial score (nSPS) is 14.8. The second-order valence-electron chi connectivity index (χ2n) is 7.47. The average Bonchev–Trinajstić information content (AvgIpc) is 3.37. The summed E-state index contributed by atoms with van der Waals surface area (Å²) in [5, 5.41) is 4.49. The minimum absolute atomic E-state index is 0.0826. The van der Waals surface area contributed by atoms with Gasteiger partial charge in [-0.2, -0.15) is 0 Å². The molecule has 3 aromatic heterocycles. The third-order valence-corrected chi connectivity index (χ3v) is 7.20. The molecule has 0 spiro atoms. The summed E-state index contributed by atoms with van der Waals surface area (Å²) in [7, 11) is 0. The first kappa shape index (κ1) is 20.9. The van der Waals surface area contributed by atoms with Crippen molar-refractivity contribution in [3.8, 4) is 0 Å². The molecule has 1 aromatic carbocycles. The number of nitrogens with one attached hydrogen (secondary N) is 1. The van der Waals surface area contributed by atoms with Gasteiger partial charge in [-0.05, 0) is 24.3 Å². The number of amides is 2. The number of fused-ring (bicyclic) bond motifs is 2. The quantitative estimate of drug-likeness (QED) is 0.482. The number of benzene rings is 1. The van der Waals surface area contributed by atoms with Gasteiger partial charge in [-0.15, -0.1) is 0 Å². The minimum atomic E-state index is -0.0897. The summed E-state index contributed by atoms with van der Waals surface area (Å²) in [6.45, 7) is 4.59. The molecule has 5 rings (SSSR count). The van der Waals surface area contributed by atoms with Crippen molar-refractivity contribution in [3.63, 3.8) is 0 Å². The number of aromatic nitrogens is 4. The van der Waals surface area contributed by atoms with E-state index in [1.54, 1.807) is 29.8 Å². The summed E-state index contributed by atoms with van der Waals surface area (Å²) in [6, 6.07) is 7.93. The van der Waals surface area contributed by atoms with Crippen LogP contribution >= 0.6 is 23.1 Å². The van der Waals surface area contributed by atoms with E-state index in [2.05, 4.69) is 31.2 Å². The Hall–Kier alpha value is -3.02. The molecule has 0 unspecified atom stereocenters. The SMILES string of the molecule is CC(=O)N1CCN(CC(=O)Nc2nc3ccc(Sc4cnc5ncccn45)cc3s2)CC1. The Balaban J connectivity index is 1.23. The van der Waals surface area contributed by atoms with Crippen LogP contribution in [-0.2, 0) is 9.59 Å². The Labute approximate surface area is 192 Å². The van der Waals surface area contributed by atoms with E-state index in [9.17, 15) is 9.59 Å². The number of thiazole rings is 1. The Kier molecular flexibility index (Phi) is 5.77. The molecular formula is C21H21N7O2S2. The van der Waals surface area contributed by atoms with E-state index in [1.165, 1.54) is 11.3 Å². The number of nitrogens with zero attached hydrogens (tertiary/aromatic N) is 6. The number of carbonyl (C=O) groups is 2. The van der Waals surface area contributed by atoms with Gasteiger partial charge in [0.1, 0.15) is 5.03 Å². The lowest BCUT2D eigenvalue weighted by Gasteiger charge is -2.33. The Morgan fingerprint density at radius 1 is 1.19 bits per heavy atom. The molecule has 0 bridgehead atoms. The highest BCUT2D eigenvalue weighted by Gasteiger charge is 2.20. The summed E-state index contributed by atoms with van der Waals surface area (Å²) in [5.41, 5.74) is 0.851. The number of hydrogen-bond acceptors (Lipinski definition) is 8. The molecule has 0 radical (unpaired) electrons. The fourth-order valence-corrected chi connectivity index (χ4v) is 5.50. The van der Waals surface area contributed by atoms with E-state index in [0.29, 0.717) is 43.6 Å². The van der Waals surface area contributed by atoms with Crippen LogP contribution in [0.3, 0.4) is 0 Å². The molecule has 2 amide bonds. The van der Waals surface area contributed by atoms with Crippen LogP contribution in [0.2, 0.25) is 0 Å². The van der Waals surface area contributed by atoms with Gasteiger partial charge in [0.05, 0.1) is 23.0 Å². The summed E-state index contributed by atoms with van der Waals surface area (Å²) in [4.78, 5) is 42.0. The zero-order chi connectivity index (χ0) is 22.1. The standard InChI is InChI=1S/C21H21N7O2S2/c1-14(29)27-9-7-26(8-10-27)13-18(30)25-21-24-16-4-3-15(11-17(16)32-21)31-19-12-23-20-22-5-2-6-28(19)20/h2-6,11-12H,7-10,13H2,1H3,(H,24,25,30). The van der Waals surface area contributed by atoms with Gasteiger partial charge in [-0.25, -0.2) is 15.0 Å². The van der Waals surface area contributed by atoms with Gasteiger partial charge >= 0.3 is 0 Å². The zero-order valence-corrected chi connectivity index (χ0v) is 19.0. The molecular weight excluding hydrogens is 446 g/mol. The van der Waals surface area contributed by atoms with Crippen LogP contribution in [0.5, 0.6) is 0 Å². The van der Waals surface area contributed by atoms with Crippen molar-refractivity contribution in [2.75, 3.05) is 38.0 Å². The van der Waals surface area contributed by atoms with Crippen molar-refractivity contribution in [3.05, 3.63) is 42.9 Å². The molecule has 9 nitrogen and oxygen atoms in total. The maximum Gasteiger partial charge on any atom is 0.240 e. The molecule has 0 atom stereocenters. The van der Waals surface area contributed by atoms with Crippen molar-refractivity contribution < 1.29 is 9.59 Å². The van der Waals surface area contributed by atoms with Gasteiger partial charge < -0.3 is 10.2 Å². The molecule has 0 saturated carbocycles. The zero-order valence-electron chi connectivity index (χ0n) is 17.4. The van der Waals surface area contributed by atoms with E-state index >= 15 is 0 Å². The average molecular weight is 468 g/mol. The first-order chi connectivity index (χ1) is 15.5. The molecule has 1 aliphatic rings. The summed E-state index contributed by atoms with van der Waals surface area (Å²) < 4.78 is 2.95. The highest BCUT2D eigenvalue weighted by Crippen LogP contribution is 2.33. The summed E-state index contributed by atoms with van der Waals surface area (Å²) >= 11 is 3.06. The second kappa shape index (κ2) is 8.85. The minimum Gasteiger partial charge on any atom is -0.340 e. The van der Waals surface area contributed by atoms with Crippen molar-refractivity contribution in [2.45, 2.75) is 16.8 Å². The number of piperazine rings is 1. The van der Waals surface area contributed by atoms with Crippen molar-refractivity contribution in [1.29, 1.82) is 0 Å². The Bertz CT molecular complexity index is 1290. The largest absolute Gasteiger partial charge is 0.340 e. The number of imidazole rings is 1. The first-order valence-electron chi connectivity index (χ1n) is 10.2. The molecule has 164 valence electrons. The van der Waals surface area contributed by atoms with Gasteiger partial charge in [-0.3, -0.25) is 18.9 Å². The third kappa shape index (κ3) is 4.45. The van der Waals surface area contributed by atoms with Crippen LogP contribution in [0, 0.1) is 0 Å². The van der Waals surface area contributed by atoms with E-state index < -0.39 is 0 Å². The second-order valence-corrected chi connectivity index (χ2v) is 9.59. The van der Waals surface area contributed by atoms with Gasteiger partial charge in [-0.1, -0.05) is 23.1 Å². The van der Waals surface area contributed by atoms with Crippen molar-refractivity contribution in [1.82, 2.24) is 29.2 Å². The van der Waals surface area contributed by atoms with Gasteiger partial charge in [0.25, 0.3) is 0 Å². The van der Waals surface area contributed by atoms with Crippen LogP contribution in [0.15, 0.2) is 52.8 Å². The highest BCUT2D eigenvalue weighted by atomic mass is 32.2. The molecule has 1 N–H and O–H groups in total. The molecule has 1 aliphatic heterocycles. The monoisotopic (exact) mass is 467 g/mol. The van der Waals surface area contributed by atoms with Crippen LogP contribution in [0.25, 0.3) is 16.0 Å². The lowest BCUT2D eigenvalue weighted by Crippen LogP contribution is -2.49. The van der Waals surface area contributed by atoms with Crippen molar-refractivity contribution >= 4 is 56.0 Å². The number of carbonyl (C=O) groups excluding carboxylic acids is 2. The summed E-state index contributed by atoms with van der Waals surface area (Å²) in [5.74, 6) is 0.661. The number of hydrogen-bond donors (Lipinski definition) is 1. The van der Waals surface area contributed by atoms with Crippen molar-refractivity contribution in [2.24, 2.45) is 0 Å². The third-order valence-electron chi connectivity index (χ3n) is 5.27. The van der Waals surface area contributed by atoms with Crippen LogP contribution in [0.4, 0.5) is 5.13 Å². The predicted octanol–water partition coefficient (Wildman–Crippen LogP) is 2.59. The number of anilines is 1. The van der Waals surface area contributed by atoms with Gasteiger partial charge in [0.2, 0.25) is 17.6 Å². The molecule has 1 fully saturated rings. The molecule has 32 heavy (non-hydrogen) atoms. The van der Waals surface area contributed by atoms with Gasteiger partial charge in [0, 0.05) is 50.4 Å². The predicted molar refractivity (Wildman–Crippen MR) is 124 cm³/mol. The molecule has 0 aliphatic carbocycles. The lowest BCUT2D eigenvalue weighted by molar-refractivity contribution is -0.130. The molecule has 4 heterocycles. The van der Waals surface area contributed by atoms with E-state index in [1.807, 2.05) is 35.0 Å². The fourth-order valence-electron chi connectivity index (χ4n) is 3.61. The van der Waals surface area contributed by atoms with E-state index in [-0.39, 0.29) is 11.8 Å². The molecule has 4 aromatic rings. The van der Waals surface area contributed by atoms with E-state index in [0.717, 1.165) is 20.1 Å². The van der Waals surface area contributed by atoms with Crippen LogP contribution < -0.4 is 5.32 Å². The Morgan fingerprint density at radius 3 is 2.84 bits per heavy atom. The first-order valence-corrected chi connectivity index (χ1v) is 11.8. The number of rotatable bonds is 5.